The highest BCUT2D eigenvalue weighted by Crippen LogP contribution is 2.17. The molecule has 0 amide bonds. The monoisotopic (exact) mass is 244 g/mol. The molecule has 0 saturated carbocycles. The topological polar surface area (TPSA) is 0 Å². The summed E-state index contributed by atoms with van der Waals surface area (Å²) in [5.74, 6) is -0.0417. The van der Waals surface area contributed by atoms with Gasteiger partial charge in [-0.2, -0.15) is 0 Å². The lowest BCUT2D eigenvalue weighted by Crippen LogP contribution is -1.74. The van der Waals surface area contributed by atoms with Crippen LogP contribution in [-0.2, 0) is 0 Å². The van der Waals surface area contributed by atoms with Crippen LogP contribution in [-0.4, -0.2) is 0 Å². The summed E-state index contributed by atoms with van der Waals surface area (Å²) in [6, 6.07) is 8.48. The Bertz CT molecular complexity index is 452. The van der Waals surface area contributed by atoms with Crippen molar-refractivity contribution in [3.05, 3.63) is 70.6 Å². The maximum Gasteiger partial charge on any atom is 0.104 e. The zero-order chi connectivity index (χ0) is 13.5. The second-order valence-electron chi connectivity index (χ2n) is 4.85. The largest absolute Gasteiger partial charge is 0.211 e. The maximum atomic E-state index is 12.7. The van der Waals surface area contributed by atoms with Crippen molar-refractivity contribution in [3.63, 3.8) is 0 Å². The molecule has 0 nitrogen and oxygen atoms in total. The Morgan fingerprint density at radius 3 is 1.83 bits per heavy atom. The predicted octanol–water partition coefficient (Wildman–Crippen LogP) is 5.44. The average Bonchev–Trinajstić information content (AvgIpc) is 2.44. The van der Waals surface area contributed by atoms with Gasteiger partial charge in [-0.1, -0.05) is 53.1 Å². The first kappa shape index (κ1) is 14.4. The first-order valence-corrected chi connectivity index (χ1v) is 6.21. The van der Waals surface area contributed by atoms with E-state index in [0.717, 1.165) is 11.1 Å². The number of allylic oxidation sites excluding steroid dienone is 6. The van der Waals surface area contributed by atoms with E-state index in [1.807, 2.05) is 26.0 Å². The van der Waals surface area contributed by atoms with Crippen LogP contribution < -0.4 is 0 Å². The van der Waals surface area contributed by atoms with E-state index in [0.29, 0.717) is 6.42 Å². The number of aryl methyl sites for hydroxylation is 2. The fourth-order valence-electron chi connectivity index (χ4n) is 1.58. The van der Waals surface area contributed by atoms with Gasteiger partial charge in [0.1, 0.15) is 5.83 Å². The Morgan fingerprint density at radius 1 is 0.833 bits per heavy atom. The summed E-state index contributed by atoms with van der Waals surface area (Å²) in [5.41, 5.74) is 4.71. The fourth-order valence-corrected chi connectivity index (χ4v) is 1.58. The zero-order valence-corrected chi connectivity index (χ0v) is 11.6. The number of hydrogen-bond donors (Lipinski definition) is 0. The summed E-state index contributed by atoms with van der Waals surface area (Å²) in [4.78, 5) is 0. The molecule has 0 fully saturated rings. The van der Waals surface area contributed by atoms with Crippen molar-refractivity contribution in [1.29, 1.82) is 0 Å². The summed E-state index contributed by atoms with van der Waals surface area (Å²) in [5, 5.41) is 0. The van der Waals surface area contributed by atoms with E-state index >= 15 is 0 Å². The molecule has 1 aliphatic carbocycles. The molecule has 0 atom stereocenters. The Kier molecular flexibility index (Phi) is 5.57. The molecule has 0 N–H and O–H groups in total. The molecule has 0 bridgehead atoms. The normalized spacial score (nSPS) is 14.6. The number of rotatable bonds is 0. The molecule has 1 heteroatoms. The van der Waals surface area contributed by atoms with Crippen molar-refractivity contribution < 1.29 is 4.39 Å². The third-order valence-electron chi connectivity index (χ3n) is 2.68. The van der Waals surface area contributed by atoms with E-state index < -0.39 is 0 Å². The molecular weight excluding hydrogens is 223 g/mol. The van der Waals surface area contributed by atoms with Crippen molar-refractivity contribution in [2.45, 2.75) is 34.1 Å². The van der Waals surface area contributed by atoms with Gasteiger partial charge in [-0.3, -0.25) is 0 Å². The minimum atomic E-state index is -0.0417. The predicted molar refractivity (Wildman–Crippen MR) is 77.2 cm³/mol. The van der Waals surface area contributed by atoms with Gasteiger partial charge in [0.15, 0.2) is 0 Å². The van der Waals surface area contributed by atoms with Crippen molar-refractivity contribution in [1.82, 2.24) is 0 Å². The summed E-state index contributed by atoms with van der Waals surface area (Å²) < 4.78 is 12.7. The number of hydrogen-bond acceptors (Lipinski definition) is 0. The highest BCUT2D eigenvalue weighted by atomic mass is 19.1. The first-order chi connectivity index (χ1) is 8.47. The molecule has 0 heterocycles. The van der Waals surface area contributed by atoms with Crippen LogP contribution in [0.15, 0.2) is 59.5 Å². The molecule has 1 aromatic rings. The summed E-state index contributed by atoms with van der Waals surface area (Å²) >= 11 is 0. The second-order valence-corrected chi connectivity index (χ2v) is 4.85. The van der Waals surface area contributed by atoms with Gasteiger partial charge in [0.2, 0.25) is 0 Å². The van der Waals surface area contributed by atoms with Crippen molar-refractivity contribution in [3.8, 4) is 0 Å². The maximum absolute atomic E-state index is 12.7. The van der Waals surface area contributed by atoms with Crippen molar-refractivity contribution >= 4 is 0 Å². The van der Waals surface area contributed by atoms with Gasteiger partial charge in [-0.15, -0.1) is 0 Å². The smallest absolute Gasteiger partial charge is 0.104 e. The fraction of sp³-hybridized carbons (Fsp3) is 0.294. The Hall–Kier alpha value is -1.63. The lowest BCUT2D eigenvalue weighted by Gasteiger charge is -1.92. The van der Waals surface area contributed by atoms with E-state index in [2.05, 4.69) is 38.1 Å². The van der Waals surface area contributed by atoms with Gasteiger partial charge in [0, 0.05) is 6.42 Å². The average molecular weight is 244 g/mol. The van der Waals surface area contributed by atoms with E-state index in [1.165, 1.54) is 11.1 Å². The van der Waals surface area contributed by atoms with E-state index in [4.69, 9.17) is 0 Å². The van der Waals surface area contributed by atoms with Gasteiger partial charge in [0.05, 0.1) is 0 Å². The molecule has 0 aliphatic heterocycles. The third kappa shape index (κ3) is 5.62. The summed E-state index contributed by atoms with van der Waals surface area (Å²) in [7, 11) is 0. The summed E-state index contributed by atoms with van der Waals surface area (Å²) in [6.45, 7) is 8.02. The van der Waals surface area contributed by atoms with Crippen LogP contribution in [0.4, 0.5) is 4.39 Å². The van der Waals surface area contributed by atoms with Crippen LogP contribution in [0.1, 0.15) is 31.4 Å². The van der Waals surface area contributed by atoms with E-state index in [-0.39, 0.29) is 5.83 Å². The third-order valence-corrected chi connectivity index (χ3v) is 2.68. The van der Waals surface area contributed by atoms with Crippen LogP contribution in [0.5, 0.6) is 0 Å². The van der Waals surface area contributed by atoms with Crippen LogP contribution in [0.25, 0.3) is 0 Å². The SMILES string of the molecule is CC1=CC=C(C)CC(F)=C1.Cc1ccc(C)cc1. The molecule has 0 unspecified atom stereocenters. The lowest BCUT2D eigenvalue weighted by molar-refractivity contribution is 0.611. The standard InChI is InChI=1S/C9H11F.C8H10/c1-7-3-4-8(2)6-9(10)5-7;1-7-3-5-8(2)6-4-7/h3-5H,6H2,1-2H3;3-6H,1-2H3. The van der Waals surface area contributed by atoms with Gasteiger partial charge < -0.3 is 0 Å². The van der Waals surface area contributed by atoms with Gasteiger partial charge in [0.25, 0.3) is 0 Å². The molecule has 96 valence electrons. The molecule has 0 aromatic heterocycles. The Balaban J connectivity index is 0.000000184. The van der Waals surface area contributed by atoms with E-state index in [1.54, 1.807) is 6.08 Å². The lowest BCUT2D eigenvalue weighted by atomic mass is 10.2. The first-order valence-electron chi connectivity index (χ1n) is 6.21. The van der Waals surface area contributed by atoms with Crippen LogP contribution in [0, 0.1) is 13.8 Å². The minimum Gasteiger partial charge on any atom is -0.211 e. The highest BCUT2D eigenvalue weighted by molar-refractivity contribution is 5.30. The van der Waals surface area contributed by atoms with Crippen LogP contribution in [0.2, 0.25) is 0 Å². The molecule has 1 aliphatic rings. The Labute approximate surface area is 110 Å². The summed E-state index contributed by atoms with van der Waals surface area (Å²) in [6.07, 6.45) is 5.93. The molecular formula is C17H21F. The molecule has 0 radical (unpaired) electrons. The molecule has 1 aromatic carbocycles. The molecule has 0 spiro atoms. The minimum absolute atomic E-state index is 0.0417. The van der Waals surface area contributed by atoms with Gasteiger partial charge in [-0.05, 0) is 39.3 Å². The zero-order valence-electron chi connectivity index (χ0n) is 11.6. The highest BCUT2D eigenvalue weighted by Gasteiger charge is 1.99. The Morgan fingerprint density at radius 2 is 1.33 bits per heavy atom. The quantitative estimate of drug-likeness (QED) is 0.570. The van der Waals surface area contributed by atoms with Crippen LogP contribution in [0.3, 0.4) is 0 Å². The molecule has 0 saturated heterocycles. The van der Waals surface area contributed by atoms with Crippen molar-refractivity contribution in [2.24, 2.45) is 0 Å². The van der Waals surface area contributed by atoms with E-state index in [9.17, 15) is 4.39 Å². The van der Waals surface area contributed by atoms with Crippen molar-refractivity contribution in [2.75, 3.05) is 0 Å². The van der Waals surface area contributed by atoms with Gasteiger partial charge >= 0.3 is 0 Å². The number of benzene rings is 1. The number of halogens is 1. The van der Waals surface area contributed by atoms with Crippen LogP contribution >= 0.6 is 0 Å². The molecule has 18 heavy (non-hydrogen) atoms. The van der Waals surface area contributed by atoms with Gasteiger partial charge in [-0.25, -0.2) is 4.39 Å². The second kappa shape index (κ2) is 6.95. The molecule has 2 rings (SSSR count).